The van der Waals surface area contributed by atoms with Crippen molar-refractivity contribution in [1.29, 1.82) is 0 Å². The molecule has 8 heteroatoms. The second-order valence-electron chi connectivity index (χ2n) is 7.55. The first-order valence-electron chi connectivity index (χ1n) is 9.27. The number of hydrogen-bond donors (Lipinski definition) is 1. The van der Waals surface area contributed by atoms with Crippen LogP contribution >= 0.6 is 11.3 Å². The van der Waals surface area contributed by atoms with E-state index in [1.165, 1.54) is 17.6 Å². The average molecular weight is 440 g/mol. The number of aromatic nitrogens is 3. The molecule has 0 aliphatic carbocycles. The first kappa shape index (κ1) is 20.5. The summed E-state index contributed by atoms with van der Waals surface area (Å²) in [7, 11) is -3.28. The van der Waals surface area contributed by atoms with E-state index in [-0.39, 0.29) is 0 Å². The van der Waals surface area contributed by atoms with Crippen molar-refractivity contribution in [2.24, 2.45) is 0 Å². The molecular weight excluding hydrogens is 418 g/mol. The van der Waals surface area contributed by atoms with Gasteiger partial charge in [0.05, 0.1) is 26.8 Å². The average Bonchev–Trinajstić information content (AvgIpc) is 3.35. The van der Waals surface area contributed by atoms with E-state index in [0.29, 0.717) is 10.6 Å². The van der Waals surface area contributed by atoms with Crippen molar-refractivity contribution in [2.75, 3.05) is 6.26 Å². The molecule has 30 heavy (non-hydrogen) atoms. The molecule has 0 saturated carbocycles. The zero-order valence-corrected chi connectivity index (χ0v) is 18.4. The van der Waals surface area contributed by atoms with E-state index in [1.54, 1.807) is 49.1 Å². The van der Waals surface area contributed by atoms with Crippen LogP contribution in [0.15, 0.2) is 71.9 Å². The molecule has 0 atom stereocenters. The molecule has 3 heterocycles. The SMILES string of the molecule is CC(C)(O)c1cc(-c2ccc(-c3cccc(S(C)(=O)=O)c3)s2)n(-c2ccncc2)n1. The van der Waals surface area contributed by atoms with Gasteiger partial charge in [-0.15, -0.1) is 11.3 Å². The van der Waals surface area contributed by atoms with Gasteiger partial charge in [-0.05, 0) is 61.9 Å². The Labute approximate surface area is 179 Å². The van der Waals surface area contributed by atoms with Gasteiger partial charge in [0.25, 0.3) is 0 Å². The summed E-state index contributed by atoms with van der Waals surface area (Å²) in [6.07, 6.45) is 4.60. The highest BCUT2D eigenvalue weighted by atomic mass is 32.2. The van der Waals surface area contributed by atoms with Crippen LogP contribution in [-0.2, 0) is 15.4 Å². The van der Waals surface area contributed by atoms with Gasteiger partial charge in [0.15, 0.2) is 9.84 Å². The van der Waals surface area contributed by atoms with Crippen LogP contribution in [0.25, 0.3) is 26.7 Å². The van der Waals surface area contributed by atoms with Gasteiger partial charge < -0.3 is 5.11 Å². The Balaban J connectivity index is 1.81. The number of hydrogen-bond acceptors (Lipinski definition) is 6. The van der Waals surface area contributed by atoms with Crippen LogP contribution in [0.1, 0.15) is 19.5 Å². The van der Waals surface area contributed by atoms with E-state index >= 15 is 0 Å². The van der Waals surface area contributed by atoms with E-state index in [0.717, 1.165) is 26.7 Å². The lowest BCUT2D eigenvalue weighted by Crippen LogP contribution is -2.16. The summed E-state index contributed by atoms with van der Waals surface area (Å²) >= 11 is 1.54. The first-order chi connectivity index (χ1) is 14.1. The van der Waals surface area contributed by atoms with Gasteiger partial charge in [0.1, 0.15) is 5.60 Å². The van der Waals surface area contributed by atoms with Crippen molar-refractivity contribution in [3.05, 3.63) is 72.7 Å². The highest BCUT2D eigenvalue weighted by Crippen LogP contribution is 2.37. The molecule has 0 saturated heterocycles. The minimum Gasteiger partial charge on any atom is -0.384 e. The number of thiophene rings is 1. The van der Waals surface area contributed by atoms with Crippen LogP contribution in [0.4, 0.5) is 0 Å². The second-order valence-corrected chi connectivity index (χ2v) is 10.7. The van der Waals surface area contributed by atoms with Crippen LogP contribution in [0.2, 0.25) is 0 Å². The van der Waals surface area contributed by atoms with E-state index in [4.69, 9.17) is 0 Å². The van der Waals surface area contributed by atoms with Gasteiger partial charge >= 0.3 is 0 Å². The predicted octanol–water partition coefficient (Wildman–Crippen LogP) is 4.29. The summed E-state index contributed by atoms with van der Waals surface area (Å²) in [5, 5.41) is 15.1. The molecule has 6 nitrogen and oxygen atoms in total. The molecule has 0 aliphatic heterocycles. The van der Waals surface area contributed by atoms with Gasteiger partial charge in [0.2, 0.25) is 0 Å². The third-order valence-electron chi connectivity index (χ3n) is 4.65. The van der Waals surface area contributed by atoms with Crippen LogP contribution in [0.5, 0.6) is 0 Å². The maximum atomic E-state index is 11.9. The Bertz CT molecular complexity index is 1300. The predicted molar refractivity (Wildman–Crippen MR) is 118 cm³/mol. The molecule has 4 aromatic rings. The quantitative estimate of drug-likeness (QED) is 0.501. The Morgan fingerprint density at radius 3 is 2.37 bits per heavy atom. The van der Waals surface area contributed by atoms with Crippen molar-refractivity contribution in [1.82, 2.24) is 14.8 Å². The summed E-state index contributed by atoms with van der Waals surface area (Å²) in [5.41, 5.74) is 1.99. The van der Waals surface area contributed by atoms with Gasteiger partial charge in [-0.2, -0.15) is 5.10 Å². The zero-order valence-electron chi connectivity index (χ0n) is 16.8. The molecule has 0 bridgehead atoms. The zero-order chi connectivity index (χ0) is 21.5. The number of benzene rings is 1. The van der Waals surface area contributed by atoms with Crippen LogP contribution in [0, 0.1) is 0 Å². The van der Waals surface area contributed by atoms with Gasteiger partial charge in [-0.25, -0.2) is 13.1 Å². The van der Waals surface area contributed by atoms with Crippen LogP contribution < -0.4 is 0 Å². The number of nitrogens with zero attached hydrogens (tertiary/aromatic N) is 3. The third-order valence-corrected chi connectivity index (χ3v) is 6.92. The minimum absolute atomic E-state index is 0.293. The molecule has 0 unspecified atom stereocenters. The van der Waals surface area contributed by atoms with E-state index < -0.39 is 15.4 Å². The Kier molecular flexibility index (Phi) is 5.09. The molecule has 4 rings (SSSR count). The number of sulfone groups is 1. The maximum Gasteiger partial charge on any atom is 0.175 e. The fraction of sp³-hybridized carbons (Fsp3) is 0.182. The van der Waals surface area contributed by atoms with Crippen molar-refractivity contribution in [3.8, 4) is 26.7 Å². The third kappa shape index (κ3) is 4.07. The van der Waals surface area contributed by atoms with Crippen molar-refractivity contribution in [3.63, 3.8) is 0 Å². The van der Waals surface area contributed by atoms with Crippen molar-refractivity contribution >= 4 is 21.2 Å². The van der Waals surface area contributed by atoms with Gasteiger partial charge in [0, 0.05) is 23.5 Å². The molecule has 3 aromatic heterocycles. The Morgan fingerprint density at radius 1 is 1.00 bits per heavy atom. The molecule has 0 radical (unpaired) electrons. The lowest BCUT2D eigenvalue weighted by atomic mass is 10.1. The summed E-state index contributed by atoms with van der Waals surface area (Å²) in [6.45, 7) is 3.40. The van der Waals surface area contributed by atoms with E-state index in [9.17, 15) is 13.5 Å². The van der Waals surface area contributed by atoms with Crippen molar-refractivity contribution < 1.29 is 13.5 Å². The summed E-state index contributed by atoms with van der Waals surface area (Å²) < 4.78 is 25.6. The number of pyridine rings is 1. The highest BCUT2D eigenvalue weighted by molar-refractivity contribution is 7.90. The monoisotopic (exact) mass is 439 g/mol. The highest BCUT2D eigenvalue weighted by Gasteiger charge is 2.24. The van der Waals surface area contributed by atoms with E-state index in [1.807, 2.05) is 36.4 Å². The molecule has 0 amide bonds. The molecule has 1 N–H and O–H groups in total. The first-order valence-corrected chi connectivity index (χ1v) is 12.0. The summed E-state index contributed by atoms with van der Waals surface area (Å²) in [6, 6.07) is 16.5. The smallest absolute Gasteiger partial charge is 0.175 e. The van der Waals surface area contributed by atoms with Crippen LogP contribution in [-0.4, -0.2) is 34.5 Å². The molecule has 0 aliphatic rings. The summed E-state index contributed by atoms with van der Waals surface area (Å²) in [4.78, 5) is 6.26. The fourth-order valence-corrected chi connectivity index (χ4v) is 4.72. The molecule has 154 valence electrons. The normalized spacial score (nSPS) is 12.3. The molecule has 0 fully saturated rings. The number of rotatable bonds is 5. The minimum atomic E-state index is -3.28. The molecule has 1 aromatic carbocycles. The lowest BCUT2D eigenvalue weighted by Gasteiger charge is -2.13. The van der Waals surface area contributed by atoms with E-state index in [2.05, 4.69) is 10.1 Å². The topological polar surface area (TPSA) is 85.1 Å². The number of aliphatic hydroxyl groups is 1. The lowest BCUT2D eigenvalue weighted by molar-refractivity contribution is 0.0734. The molecular formula is C22H21N3O3S2. The van der Waals surface area contributed by atoms with Gasteiger partial charge in [-0.1, -0.05) is 12.1 Å². The Hall–Kier alpha value is -2.81. The Morgan fingerprint density at radius 2 is 1.70 bits per heavy atom. The maximum absolute atomic E-state index is 11.9. The standard InChI is InChI=1S/C22H21N3O3S2/c1-22(2,26)21-14-18(25(24-21)16-9-11-23-12-10-16)20-8-7-19(29-20)15-5-4-6-17(13-15)30(3,27)28/h4-14,26H,1-3H3. The van der Waals surface area contributed by atoms with Crippen LogP contribution in [0.3, 0.4) is 0 Å². The van der Waals surface area contributed by atoms with Crippen molar-refractivity contribution in [2.45, 2.75) is 24.3 Å². The fourth-order valence-electron chi connectivity index (χ4n) is 3.05. The largest absolute Gasteiger partial charge is 0.384 e. The summed E-state index contributed by atoms with van der Waals surface area (Å²) in [5.74, 6) is 0. The molecule has 0 spiro atoms. The van der Waals surface area contributed by atoms with Gasteiger partial charge in [-0.3, -0.25) is 4.98 Å². The second kappa shape index (κ2) is 7.46.